The maximum Gasteiger partial charge on any atom is 0.154 e. The van der Waals surface area contributed by atoms with Crippen molar-refractivity contribution in [1.82, 2.24) is 4.98 Å². The van der Waals surface area contributed by atoms with Crippen LogP contribution in [-0.2, 0) is 0 Å². The van der Waals surface area contributed by atoms with Crippen molar-refractivity contribution in [2.24, 2.45) is 0 Å². The summed E-state index contributed by atoms with van der Waals surface area (Å²) in [5, 5.41) is 10.5. The van der Waals surface area contributed by atoms with Crippen LogP contribution in [-0.4, -0.2) is 10.1 Å². The van der Waals surface area contributed by atoms with Gasteiger partial charge in [-0.25, -0.2) is 0 Å². The van der Waals surface area contributed by atoms with Crippen LogP contribution in [0.5, 0.6) is 17.2 Å². The lowest BCUT2D eigenvalue weighted by Gasteiger charge is -2.11. The number of pyridine rings is 1. The molecule has 0 spiro atoms. The Bertz CT molecular complexity index is 736. The Morgan fingerprint density at radius 3 is 2.68 bits per heavy atom. The van der Waals surface area contributed by atoms with E-state index in [1.54, 1.807) is 24.4 Å². The van der Waals surface area contributed by atoms with Gasteiger partial charge in [-0.1, -0.05) is 18.2 Å². The minimum Gasteiger partial charge on any atom is -0.506 e. The number of anilines is 1. The Labute approximate surface area is 110 Å². The zero-order chi connectivity index (χ0) is 13.2. The number of aromatic nitrogens is 1. The number of fused-ring (bicyclic) bond motifs is 1. The summed E-state index contributed by atoms with van der Waals surface area (Å²) in [5.74, 6) is 1.09. The lowest BCUT2D eigenvalue weighted by Crippen LogP contribution is -1.93. The average molecular weight is 252 g/mol. The zero-order valence-corrected chi connectivity index (χ0v) is 10.1. The molecule has 94 valence electrons. The summed E-state index contributed by atoms with van der Waals surface area (Å²) in [5.41, 5.74) is 6.86. The number of nitrogens with zero attached hydrogens (tertiary/aromatic N) is 1. The lowest BCUT2D eigenvalue weighted by molar-refractivity contribution is 0.462. The van der Waals surface area contributed by atoms with E-state index < -0.39 is 0 Å². The zero-order valence-electron chi connectivity index (χ0n) is 10.1. The highest BCUT2D eigenvalue weighted by Gasteiger charge is 2.08. The standard InChI is InChI=1S/C15H12N2O2/c16-15-12(18)6-3-7-14(15)19-13-8-9-17-11-5-2-1-4-10(11)13/h1-9,18H,16H2. The van der Waals surface area contributed by atoms with E-state index >= 15 is 0 Å². The predicted octanol–water partition coefficient (Wildman–Crippen LogP) is 3.31. The fraction of sp³-hybridized carbons (Fsp3) is 0. The molecule has 0 bridgehead atoms. The summed E-state index contributed by atoms with van der Waals surface area (Å²) in [6.45, 7) is 0. The molecule has 0 fully saturated rings. The van der Waals surface area contributed by atoms with Gasteiger partial charge in [0, 0.05) is 11.6 Å². The second-order valence-electron chi connectivity index (χ2n) is 4.12. The van der Waals surface area contributed by atoms with Crippen molar-refractivity contribution in [3.63, 3.8) is 0 Å². The molecule has 0 saturated carbocycles. The summed E-state index contributed by atoms with van der Waals surface area (Å²) in [6, 6.07) is 14.4. The predicted molar refractivity (Wildman–Crippen MR) is 74.3 cm³/mol. The molecule has 1 heterocycles. The third-order valence-corrected chi connectivity index (χ3v) is 2.87. The maximum atomic E-state index is 9.57. The van der Waals surface area contributed by atoms with E-state index in [0.717, 1.165) is 10.9 Å². The largest absolute Gasteiger partial charge is 0.506 e. The van der Waals surface area contributed by atoms with Gasteiger partial charge in [0.1, 0.15) is 17.2 Å². The SMILES string of the molecule is Nc1c(O)cccc1Oc1ccnc2ccccc12. The Balaban J connectivity index is 2.09. The molecular weight excluding hydrogens is 240 g/mol. The number of ether oxygens (including phenoxy) is 1. The topological polar surface area (TPSA) is 68.4 Å². The van der Waals surface area contributed by atoms with Crippen LogP contribution in [0.3, 0.4) is 0 Å². The van der Waals surface area contributed by atoms with Crippen molar-refractivity contribution in [2.45, 2.75) is 0 Å². The van der Waals surface area contributed by atoms with E-state index in [2.05, 4.69) is 4.98 Å². The molecule has 3 rings (SSSR count). The average Bonchev–Trinajstić information content (AvgIpc) is 2.44. The summed E-state index contributed by atoms with van der Waals surface area (Å²) in [7, 11) is 0. The molecule has 0 aliphatic carbocycles. The summed E-state index contributed by atoms with van der Waals surface area (Å²) < 4.78 is 5.78. The van der Waals surface area contributed by atoms with Crippen molar-refractivity contribution < 1.29 is 9.84 Å². The number of hydrogen-bond donors (Lipinski definition) is 2. The van der Waals surface area contributed by atoms with Gasteiger partial charge >= 0.3 is 0 Å². The summed E-state index contributed by atoms with van der Waals surface area (Å²) >= 11 is 0. The van der Waals surface area contributed by atoms with Crippen LogP contribution >= 0.6 is 0 Å². The Morgan fingerprint density at radius 1 is 0.947 bits per heavy atom. The molecule has 1 aromatic heterocycles. The molecule has 3 aromatic rings. The number of nitrogens with two attached hydrogens (primary N) is 1. The van der Waals surface area contributed by atoms with E-state index in [4.69, 9.17) is 10.5 Å². The van der Waals surface area contributed by atoms with Crippen LogP contribution in [0.2, 0.25) is 0 Å². The number of phenols is 1. The molecule has 4 nitrogen and oxygen atoms in total. The number of rotatable bonds is 2. The normalized spacial score (nSPS) is 10.5. The van der Waals surface area contributed by atoms with Crippen molar-refractivity contribution in [3.05, 3.63) is 54.7 Å². The van der Waals surface area contributed by atoms with Gasteiger partial charge < -0.3 is 15.6 Å². The van der Waals surface area contributed by atoms with Crippen LogP contribution in [0.25, 0.3) is 10.9 Å². The molecule has 0 atom stereocenters. The molecule has 0 radical (unpaired) electrons. The van der Waals surface area contributed by atoms with Crippen molar-refractivity contribution in [3.8, 4) is 17.2 Å². The van der Waals surface area contributed by atoms with E-state index in [1.807, 2.05) is 24.3 Å². The smallest absolute Gasteiger partial charge is 0.154 e. The number of benzene rings is 2. The molecule has 19 heavy (non-hydrogen) atoms. The van der Waals surface area contributed by atoms with Crippen LogP contribution in [0.1, 0.15) is 0 Å². The van der Waals surface area contributed by atoms with Crippen LogP contribution in [0, 0.1) is 0 Å². The first-order valence-electron chi connectivity index (χ1n) is 5.85. The van der Waals surface area contributed by atoms with Crippen LogP contribution < -0.4 is 10.5 Å². The van der Waals surface area contributed by atoms with Gasteiger partial charge in [0.25, 0.3) is 0 Å². The van der Waals surface area contributed by atoms with Crippen LogP contribution in [0.15, 0.2) is 54.7 Å². The second-order valence-corrected chi connectivity index (χ2v) is 4.12. The molecule has 0 amide bonds. The first-order valence-corrected chi connectivity index (χ1v) is 5.85. The van der Waals surface area contributed by atoms with E-state index in [1.165, 1.54) is 6.07 Å². The first kappa shape index (κ1) is 11.3. The van der Waals surface area contributed by atoms with Gasteiger partial charge in [-0.05, 0) is 30.3 Å². The third kappa shape index (κ3) is 2.04. The van der Waals surface area contributed by atoms with Gasteiger partial charge in [-0.3, -0.25) is 4.98 Å². The highest BCUT2D eigenvalue weighted by Crippen LogP contribution is 2.35. The molecule has 0 saturated heterocycles. The van der Waals surface area contributed by atoms with Gasteiger partial charge in [-0.2, -0.15) is 0 Å². The first-order chi connectivity index (χ1) is 9.25. The highest BCUT2D eigenvalue weighted by molar-refractivity contribution is 5.85. The number of hydrogen-bond acceptors (Lipinski definition) is 4. The van der Waals surface area contributed by atoms with Crippen molar-refractivity contribution in [1.29, 1.82) is 0 Å². The maximum absolute atomic E-state index is 9.57. The van der Waals surface area contributed by atoms with Crippen molar-refractivity contribution >= 4 is 16.6 Å². The minimum atomic E-state index is 0.0101. The highest BCUT2D eigenvalue weighted by atomic mass is 16.5. The van der Waals surface area contributed by atoms with Gasteiger partial charge in [0.05, 0.1) is 5.52 Å². The Morgan fingerprint density at radius 2 is 1.79 bits per heavy atom. The third-order valence-electron chi connectivity index (χ3n) is 2.87. The molecule has 0 unspecified atom stereocenters. The lowest BCUT2D eigenvalue weighted by atomic mass is 10.2. The molecule has 0 aliphatic rings. The van der Waals surface area contributed by atoms with E-state index in [9.17, 15) is 5.11 Å². The Kier molecular flexibility index (Phi) is 2.68. The fourth-order valence-corrected chi connectivity index (χ4v) is 1.90. The molecule has 4 heteroatoms. The van der Waals surface area contributed by atoms with Crippen LogP contribution in [0.4, 0.5) is 5.69 Å². The Hall–Kier alpha value is -2.75. The fourth-order valence-electron chi connectivity index (χ4n) is 1.90. The molecular formula is C15H12N2O2. The second kappa shape index (κ2) is 4.49. The molecule has 0 aliphatic heterocycles. The number of nitrogen functional groups attached to an aromatic ring is 1. The summed E-state index contributed by atoms with van der Waals surface area (Å²) in [6.07, 6.45) is 1.68. The van der Waals surface area contributed by atoms with E-state index in [0.29, 0.717) is 11.5 Å². The number of aromatic hydroxyl groups is 1. The molecule has 3 N–H and O–H groups in total. The van der Waals surface area contributed by atoms with Gasteiger partial charge in [0.2, 0.25) is 0 Å². The van der Waals surface area contributed by atoms with Gasteiger partial charge in [0.15, 0.2) is 5.75 Å². The quantitative estimate of drug-likeness (QED) is 0.542. The number of para-hydroxylation sites is 2. The van der Waals surface area contributed by atoms with E-state index in [-0.39, 0.29) is 11.4 Å². The monoisotopic (exact) mass is 252 g/mol. The summed E-state index contributed by atoms with van der Waals surface area (Å²) in [4.78, 5) is 4.26. The van der Waals surface area contributed by atoms with Crippen molar-refractivity contribution in [2.75, 3.05) is 5.73 Å². The minimum absolute atomic E-state index is 0.0101. The van der Waals surface area contributed by atoms with Gasteiger partial charge in [-0.15, -0.1) is 0 Å². The molecule has 2 aromatic carbocycles. The number of phenolic OH excluding ortho intramolecular Hbond substituents is 1.